The van der Waals surface area contributed by atoms with Crippen molar-refractivity contribution in [3.05, 3.63) is 24.3 Å². The van der Waals surface area contributed by atoms with Gasteiger partial charge in [0, 0.05) is 25.5 Å². The van der Waals surface area contributed by atoms with Gasteiger partial charge in [0.2, 0.25) is 0 Å². The average Bonchev–Trinajstić information content (AvgIpc) is 2.39. The topological polar surface area (TPSA) is 32.8 Å². The standard InChI is InChI=1S/C13H17ClN2O2/c1-2-18-13(17)16-10-9-15(8-7-14)11-5-3-4-6-12(11)16/h3-6H,2,7-10H2,1H3. The van der Waals surface area contributed by atoms with Gasteiger partial charge in [-0.15, -0.1) is 11.6 Å². The second-order valence-corrected chi connectivity index (χ2v) is 4.39. The van der Waals surface area contributed by atoms with E-state index in [4.69, 9.17) is 16.3 Å². The molecule has 0 radical (unpaired) electrons. The van der Waals surface area contributed by atoms with E-state index < -0.39 is 0 Å². The highest BCUT2D eigenvalue weighted by Crippen LogP contribution is 2.32. The molecule has 0 saturated heterocycles. The molecule has 5 heteroatoms. The number of rotatable bonds is 3. The van der Waals surface area contributed by atoms with Crippen LogP contribution in [0.25, 0.3) is 0 Å². The number of fused-ring (bicyclic) bond motifs is 1. The van der Waals surface area contributed by atoms with Crippen molar-refractivity contribution in [3.63, 3.8) is 0 Å². The molecule has 1 aromatic carbocycles. The number of amides is 1. The summed E-state index contributed by atoms with van der Waals surface area (Å²) in [6.07, 6.45) is -0.282. The summed E-state index contributed by atoms with van der Waals surface area (Å²) in [5.41, 5.74) is 1.93. The summed E-state index contributed by atoms with van der Waals surface area (Å²) in [5.74, 6) is 0.577. The van der Waals surface area contributed by atoms with Crippen molar-refractivity contribution < 1.29 is 9.53 Å². The van der Waals surface area contributed by atoms with E-state index in [-0.39, 0.29) is 6.09 Å². The minimum absolute atomic E-state index is 0.282. The molecule has 1 heterocycles. The highest BCUT2D eigenvalue weighted by atomic mass is 35.5. The fraction of sp³-hybridized carbons (Fsp3) is 0.462. The number of para-hydroxylation sites is 2. The molecule has 0 unspecified atom stereocenters. The van der Waals surface area contributed by atoms with Crippen molar-refractivity contribution >= 4 is 29.1 Å². The van der Waals surface area contributed by atoms with Crippen molar-refractivity contribution in [3.8, 4) is 0 Å². The summed E-state index contributed by atoms with van der Waals surface area (Å²) in [7, 11) is 0. The van der Waals surface area contributed by atoms with Gasteiger partial charge in [0.25, 0.3) is 0 Å². The van der Waals surface area contributed by atoms with Crippen LogP contribution < -0.4 is 9.80 Å². The van der Waals surface area contributed by atoms with Crippen molar-refractivity contribution in [2.45, 2.75) is 6.92 Å². The molecule has 2 rings (SSSR count). The van der Waals surface area contributed by atoms with Gasteiger partial charge in [-0.1, -0.05) is 12.1 Å². The Morgan fingerprint density at radius 1 is 1.33 bits per heavy atom. The fourth-order valence-electron chi connectivity index (χ4n) is 2.15. The first-order valence-electron chi connectivity index (χ1n) is 6.12. The van der Waals surface area contributed by atoms with Crippen molar-refractivity contribution in [1.29, 1.82) is 0 Å². The molecule has 1 aliphatic rings. The highest BCUT2D eigenvalue weighted by Gasteiger charge is 2.26. The smallest absolute Gasteiger partial charge is 0.414 e. The van der Waals surface area contributed by atoms with Crippen molar-refractivity contribution in [2.75, 3.05) is 41.9 Å². The van der Waals surface area contributed by atoms with E-state index >= 15 is 0 Å². The van der Waals surface area contributed by atoms with Crippen LogP contribution >= 0.6 is 11.6 Å². The molecule has 0 spiro atoms. The maximum atomic E-state index is 11.9. The Morgan fingerprint density at radius 3 is 2.72 bits per heavy atom. The highest BCUT2D eigenvalue weighted by molar-refractivity contribution is 6.18. The molecule has 4 nitrogen and oxygen atoms in total. The molecule has 0 aromatic heterocycles. The minimum atomic E-state index is -0.282. The Hall–Kier alpha value is -1.42. The van der Waals surface area contributed by atoms with Crippen molar-refractivity contribution in [1.82, 2.24) is 0 Å². The molecular formula is C13H17ClN2O2. The molecule has 1 amide bonds. The molecule has 0 fully saturated rings. The number of carbonyl (C=O) groups is 1. The fourth-order valence-corrected chi connectivity index (χ4v) is 2.35. The Kier molecular flexibility index (Phi) is 4.31. The van der Waals surface area contributed by atoms with Gasteiger partial charge in [-0.05, 0) is 19.1 Å². The number of benzene rings is 1. The first-order valence-corrected chi connectivity index (χ1v) is 6.65. The van der Waals surface area contributed by atoms with Crippen LogP contribution in [0.5, 0.6) is 0 Å². The number of ether oxygens (including phenoxy) is 1. The Balaban J connectivity index is 2.27. The predicted molar refractivity (Wildman–Crippen MR) is 73.7 cm³/mol. The molecule has 0 bridgehead atoms. The largest absolute Gasteiger partial charge is 0.449 e. The molecule has 18 heavy (non-hydrogen) atoms. The summed E-state index contributed by atoms with van der Waals surface area (Å²) in [4.78, 5) is 15.8. The first-order chi connectivity index (χ1) is 8.77. The van der Waals surface area contributed by atoms with Crippen LogP contribution in [0, 0.1) is 0 Å². The number of anilines is 2. The van der Waals surface area contributed by atoms with E-state index in [0.29, 0.717) is 19.0 Å². The molecule has 0 aliphatic carbocycles. The van der Waals surface area contributed by atoms with E-state index in [2.05, 4.69) is 4.90 Å². The zero-order chi connectivity index (χ0) is 13.0. The summed E-state index contributed by atoms with van der Waals surface area (Å²) in [5, 5.41) is 0. The van der Waals surface area contributed by atoms with Crippen LogP contribution in [0.1, 0.15) is 6.92 Å². The number of alkyl halides is 1. The lowest BCUT2D eigenvalue weighted by Gasteiger charge is -2.36. The van der Waals surface area contributed by atoms with E-state index in [1.165, 1.54) is 0 Å². The van der Waals surface area contributed by atoms with Gasteiger partial charge >= 0.3 is 6.09 Å². The molecule has 98 valence electrons. The third-order valence-electron chi connectivity index (χ3n) is 2.95. The van der Waals surface area contributed by atoms with Gasteiger partial charge in [0.1, 0.15) is 0 Å². The van der Waals surface area contributed by atoms with Gasteiger partial charge in [-0.3, -0.25) is 4.90 Å². The summed E-state index contributed by atoms with van der Waals surface area (Å²) >= 11 is 5.80. The third kappa shape index (κ3) is 2.53. The summed E-state index contributed by atoms with van der Waals surface area (Å²) in [6.45, 7) is 4.40. The lowest BCUT2D eigenvalue weighted by atomic mass is 10.2. The number of halogens is 1. The van der Waals surface area contributed by atoms with Crippen LogP contribution in [-0.2, 0) is 4.74 Å². The van der Waals surface area contributed by atoms with E-state index in [1.807, 2.05) is 31.2 Å². The van der Waals surface area contributed by atoms with Crippen molar-refractivity contribution in [2.24, 2.45) is 0 Å². The molecule has 1 aromatic rings. The SMILES string of the molecule is CCOC(=O)N1CCN(CCCl)c2ccccc21. The van der Waals surface area contributed by atoms with Gasteiger partial charge in [-0.25, -0.2) is 4.79 Å². The van der Waals surface area contributed by atoms with Gasteiger partial charge in [-0.2, -0.15) is 0 Å². The monoisotopic (exact) mass is 268 g/mol. The molecule has 1 aliphatic heterocycles. The zero-order valence-electron chi connectivity index (χ0n) is 10.4. The number of hydrogen-bond acceptors (Lipinski definition) is 3. The second-order valence-electron chi connectivity index (χ2n) is 4.02. The first kappa shape index (κ1) is 13.0. The molecule has 0 N–H and O–H groups in total. The van der Waals surface area contributed by atoms with Crippen LogP contribution in [-0.4, -0.2) is 38.2 Å². The summed E-state index contributed by atoms with van der Waals surface area (Å²) in [6, 6.07) is 7.84. The molecule has 0 saturated carbocycles. The summed E-state index contributed by atoms with van der Waals surface area (Å²) < 4.78 is 5.08. The van der Waals surface area contributed by atoms with Crippen LogP contribution in [0.15, 0.2) is 24.3 Å². The number of nitrogens with zero attached hydrogens (tertiary/aromatic N) is 2. The molecule has 0 atom stereocenters. The Labute approximate surface area is 112 Å². The molecular weight excluding hydrogens is 252 g/mol. The van der Waals surface area contributed by atoms with Crippen LogP contribution in [0.4, 0.5) is 16.2 Å². The Bertz CT molecular complexity index is 425. The van der Waals surface area contributed by atoms with Gasteiger partial charge < -0.3 is 9.64 Å². The Morgan fingerprint density at radius 2 is 2.06 bits per heavy atom. The zero-order valence-corrected chi connectivity index (χ0v) is 11.2. The van der Waals surface area contributed by atoms with Gasteiger partial charge in [0.15, 0.2) is 0 Å². The average molecular weight is 269 g/mol. The van der Waals surface area contributed by atoms with Crippen LogP contribution in [0.3, 0.4) is 0 Å². The van der Waals surface area contributed by atoms with E-state index in [9.17, 15) is 4.79 Å². The van der Waals surface area contributed by atoms with E-state index in [0.717, 1.165) is 24.5 Å². The third-order valence-corrected chi connectivity index (χ3v) is 3.12. The van der Waals surface area contributed by atoms with Gasteiger partial charge in [0.05, 0.1) is 18.0 Å². The number of carbonyl (C=O) groups excluding carboxylic acids is 1. The predicted octanol–water partition coefficient (Wildman–Crippen LogP) is 2.71. The lowest BCUT2D eigenvalue weighted by Crippen LogP contribution is -2.44. The normalized spacial score (nSPS) is 14.3. The second kappa shape index (κ2) is 5.96. The van der Waals surface area contributed by atoms with Crippen LogP contribution in [0.2, 0.25) is 0 Å². The number of hydrogen-bond donors (Lipinski definition) is 0. The van der Waals surface area contributed by atoms with E-state index in [1.54, 1.807) is 4.90 Å². The quantitative estimate of drug-likeness (QED) is 0.790. The minimum Gasteiger partial charge on any atom is -0.449 e. The maximum absolute atomic E-state index is 11.9. The lowest BCUT2D eigenvalue weighted by molar-refractivity contribution is 0.159. The maximum Gasteiger partial charge on any atom is 0.414 e.